The average molecular weight is 1610 g/mol. The number of thiol groups is 4. The molecule has 3 heterocycles. The molecule has 26 nitrogen and oxygen atoms in total. The van der Waals surface area contributed by atoms with E-state index in [1.807, 2.05) is 13.1 Å². The number of ether oxygens (including phenoxy) is 6. The van der Waals surface area contributed by atoms with Crippen LogP contribution in [0.2, 0.25) is 0 Å². The fourth-order valence-electron chi connectivity index (χ4n) is 10.9. The van der Waals surface area contributed by atoms with Gasteiger partial charge in [0, 0.05) is 44.2 Å². The third kappa shape index (κ3) is 46.1. The molecular weight excluding hydrogens is 1490 g/mol. The number of nitrogens with two attached hydrogens (primary N) is 2. The molecule has 6 N–H and O–H groups in total. The molecule has 2 aliphatic heterocycles. The molecule has 4 aromatic rings. The Bertz CT molecular complexity index is 3180. The topological polar surface area (TPSA) is 382 Å². The minimum absolute atomic E-state index is 0.0457. The number of aliphatic imine (C=N–C) groups is 1. The first-order chi connectivity index (χ1) is 51.5. The number of nitriles is 1. The summed E-state index contributed by atoms with van der Waals surface area (Å²) < 4.78 is 30.5. The number of aromatic nitrogens is 2. The summed E-state index contributed by atoms with van der Waals surface area (Å²) in [6.07, 6.45) is 16.9. The molecule has 2 aliphatic carbocycles. The molecule has 606 valence electrons. The van der Waals surface area contributed by atoms with Crippen LogP contribution in [0, 0.1) is 68.9 Å². The Morgan fingerprint density at radius 3 is 1.25 bits per heavy atom. The van der Waals surface area contributed by atoms with Crippen molar-refractivity contribution in [1.29, 1.82) is 10.7 Å². The summed E-state index contributed by atoms with van der Waals surface area (Å²) in [4.78, 5) is 116. The first-order valence-corrected chi connectivity index (χ1v) is 40.2. The molecule has 109 heavy (non-hydrogen) atoms. The van der Waals surface area contributed by atoms with E-state index in [1.54, 1.807) is 34.6 Å². The molecule has 8 rings (SSSR count). The SMILES string of the molecule is CC(S)CC(=O)OCC(COC(=O)CC(C)S)(COC(=O)CC(C)S)COC(=O)CC(C)S.CC1CCC2C(=O)OC(=O)C2C1.CCC(=N)C[N+](=O)[O-].CCc1ncc(C)[nH]1.CN(C)CCCCCCN(C)C.N#CN=C(N)N.O=C1OC(=O)C2CCCCC12.c1ccc(P(c2ccccc2)c2ccccc2)cc1. The van der Waals surface area contributed by atoms with Crippen LogP contribution in [-0.2, 0) is 73.2 Å². The van der Waals surface area contributed by atoms with E-state index in [1.165, 1.54) is 60.9 Å². The van der Waals surface area contributed by atoms with Crippen molar-refractivity contribution in [2.24, 2.45) is 51.5 Å². The Morgan fingerprint density at radius 1 is 0.642 bits per heavy atom. The highest BCUT2D eigenvalue weighted by atomic mass is 32.1. The number of fused-ring (bicyclic) bond motifs is 2. The molecule has 4 aliphatic rings. The molecule has 2 saturated carbocycles. The normalized spacial score (nSPS) is 18.0. The first kappa shape index (κ1) is 99.6. The van der Waals surface area contributed by atoms with E-state index >= 15 is 0 Å². The van der Waals surface area contributed by atoms with Crippen molar-refractivity contribution in [3.8, 4) is 6.19 Å². The van der Waals surface area contributed by atoms with Crippen molar-refractivity contribution in [1.82, 2.24) is 19.8 Å². The number of nitro groups is 1. The van der Waals surface area contributed by atoms with Gasteiger partial charge in [-0.3, -0.25) is 48.5 Å². The molecule has 3 aromatic carbocycles. The van der Waals surface area contributed by atoms with Gasteiger partial charge in [-0.25, -0.2) is 4.98 Å². The van der Waals surface area contributed by atoms with Crippen LogP contribution >= 0.6 is 58.4 Å². The van der Waals surface area contributed by atoms with Crippen molar-refractivity contribution in [3.63, 3.8) is 0 Å². The Morgan fingerprint density at radius 2 is 0.991 bits per heavy atom. The number of nitrogens with one attached hydrogen (secondary N) is 2. The van der Waals surface area contributed by atoms with Gasteiger partial charge in [0.1, 0.15) is 37.7 Å². The maximum atomic E-state index is 12.1. The summed E-state index contributed by atoms with van der Waals surface area (Å²) in [5.74, 6) is -2.34. The molecule has 0 bridgehead atoms. The zero-order valence-electron chi connectivity index (χ0n) is 65.5. The maximum absolute atomic E-state index is 12.1. The van der Waals surface area contributed by atoms with Crippen molar-refractivity contribution in [3.05, 3.63) is 119 Å². The minimum Gasteiger partial charge on any atom is -0.465 e. The van der Waals surface area contributed by atoms with Crippen LogP contribution in [0.1, 0.15) is 163 Å². The monoisotopic (exact) mass is 1610 g/mol. The fourth-order valence-corrected chi connectivity index (χ4v) is 13.8. The van der Waals surface area contributed by atoms with E-state index in [4.69, 9.17) is 41.1 Å². The number of rotatable bonds is 30. The highest BCUT2D eigenvalue weighted by molar-refractivity contribution is 7.81. The van der Waals surface area contributed by atoms with Gasteiger partial charge in [0.15, 0.2) is 0 Å². The van der Waals surface area contributed by atoms with Gasteiger partial charge in [0.25, 0.3) is 0 Å². The third-order valence-electron chi connectivity index (χ3n) is 16.5. The summed E-state index contributed by atoms with van der Waals surface area (Å²) in [5, 5.41) is 27.4. The lowest BCUT2D eigenvalue weighted by molar-refractivity contribution is -0.463. The summed E-state index contributed by atoms with van der Waals surface area (Å²) >= 11 is 16.7. The number of esters is 8. The van der Waals surface area contributed by atoms with E-state index in [0.717, 1.165) is 62.9 Å². The number of cyclic esters (lactones) is 4. The lowest BCUT2D eigenvalue weighted by atomic mass is 9.76. The minimum atomic E-state index is -1.30. The number of hydrogen-bond donors (Lipinski definition) is 8. The second-order valence-corrected chi connectivity index (χ2v) is 33.5. The maximum Gasteiger partial charge on any atom is 0.317 e. The van der Waals surface area contributed by atoms with Crippen LogP contribution < -0.4 is 27.4 Å². The van der Waals surface area contributed by atoms with Crippen LogP contribution in [0.25, 0.3) is 0 Å². The van der Waals surface area contributed by atoms with Gasteiger partial charge < -0.3 is 60.1 Å². The largest absolute Gasteiger partial charge is 0.465 e. The zero-order valence-corrected chi connectivity index (χ0v) is 70.0. The number of hydrogen-bond acceptors (Lipinski definition) is 26. The first-order valence-electron chi connectivity index (χ1n) is 36.8. The predicted octanol–water partition coefficient (Wildman–Crippen LogP) is 10.8. The number of guanidine groups is 1. The van der Waals surface area contributed by atoms with Gasteiger partial charge >= 0.3 is 47.8 Å². The summed E-state index contributed by atoms with van der Waals surface area (Å²) in [6.45, 7) is 15.8. The van der Waals surface area contributed by atoms with E-state index in [9.17, 15) is 48.5 Å². The number of imidazole rings is 1. The molecule has 0 spiro atoms. The number of unbranched alkanes of at least 4 members (excludes halogenated alkanes) is 3. The molecule has 0 radical (unpaired) electrons. The molecular formula is C78H119N10O16PS4. The number of aryl methyl sites for hydroxylation is 2. The van der Waals surface area contributed by atoms with E-state index < -0.39 is 42.1 Å². The lowest BCUT2D eigenvalue weighted by Gasteiger charge is -2.32. The van der Waals surface area contributed by atoms with Crippen molar-refractivity contribution >= 4 is 134 Å². The fraction of sp³-hybridized carbons (Fsp3) is 0.590. The third-order valence-corrected chi connectivity index (χ3v) is 19.7. The van der Waals surface area contributed by atoms with Crippen LogP contribution in [-0.4, -0.2) is 179 Å². The van der Waals surface area contributed by atoms with Crippen LogP contribution in [0.3, 0.4) is 0 Å². The smallest absolute Gasteiger partial charge is 0.317 e. The predicted molar refractivity (Wildman–Crippen MR) is 441 cm³/mol. The highest BCUT2D eigenvalue weighted by Crippen LogP contribution is 2.40. The van der Waals surface area contributed by atoms with Gasteiger partial charge in [-0.2, -0.15) is 55.8 Å². The van der Waals surface area contributed by atoms with Crippen LogP contribution in [0.15, 0.2) is 102 Å². The van der Waals surface area contributed by atoms with Crippen molar-refractivity contribution < 1.29 is 71.7 Å². The van der Waals surface area contributed by atoms with E-state index in [-0.39, 0.29) is 139 Å². The zero-order chi connectivity index (χ0) is 82.0. The Balaban J connectivity index is 0.000000666. The number of carbonyl (C=O) groups is 8. The molecule has 31 heteroatoms. The summed E-state index contributed by atoms with van der Waals surface area (Å²) in [5.41, 5.74) is 9.44. The molecule has 4 fully saturated rings. The molecule has 0 amide bonds. The lowest BCUT2D eigenvalue weighted by Crippen LogP contribution is -2.44. The van der Waals surface area contributed by atoms with Gasteiger partial charge in [-0.1, -0.05) is 165 Å². The molecule has 2 saturated heterocycles. The number of benzene rings is 3. The van der Waals surface area contributed by atoms with E-state index in [0.29, 0.717) is 12.3 Å². The van der Waals surface area contributed by atoms with Crippen LogP contribution in [0.4, 0.5) is 0 Å². The number of H-pyrrole nitrogens is 1. The summed E-state index contributed by atoms with van der Waals surface area (Å²) in [7, 11) is 8.11. The Labute approximate surface area is 668 Å². The van der Waals surface area contributed by atoms with E-state index in [2.05, 4.69) is 218 Å². The van der Waals surface area contributed by atoms with Crippen molar-refractivity contribution in [2.45, 2.75) is 186 Å². The second-order valence-electron chi connectivity index (χ2n) is 27.8. The highest BCUT2D eigenvalue weighted by Gasteiger charge is 2.47. The standard InChI is InChI=1S/C21H36O8S4.C18H15P.C10H24N2.C9H12O3.C8H10O3.C6H10N2.C4H8N2O2.C2H4N4/c1-13(30)5-17(22)26-9-21(10-27-18(23)6-14(2)31,11-28-19(24)7-15(3)32)12-29-20(25)8-16(4)33;1-4-10-16(11-5-1)19(17-12-6-2-7-13-17)18-14-8-3-9-15-18;1-11(2)9-7-5-6-8-10-12(3)4;1-5-2-3-6-7(4-5)9(11)12-8(6)10;9-7-5-3-1-2-4-6(5)8(10)11-7;1-3-6-7-4-5(2)8-6;1-2-4(5)3-6(7)8;3-1-6-2(4)5/h13-16,30-33H,5-12H2,1-4H3;1-15H;5-10H2,1-4H3;5-7H,2-4H2,1H3;5-6H,1-4H2;4H,3H2,1-2H3,(H,7,8);5H,2-3H2,1H3;(H4,4,5,6). The molecule has 1 aromatic heterocycles. The second kappa shape index (κ2) is 56.8. The summed E-state index contributed by atoms with van der Waals surface area (Å²) in [6, 6.07) is 32.3. The Kier molecular flexibility index (Phi) is 51.9. The number of aromatic amines is 1. The molecule has 9 unspecified atom stereocenters. The van der Waals surface area contributed by atoms with Crippen LogP contribution in [0.5, 0.6) is 0 Å². The van der Waals surface area contributed by atoms with Crippen molar-refractivity contribution in [2.75, 3.05) is 74.3 Å². The quantitative estimate of drug-likeness (QED) is 0.00205. The number of nitrogens with zero attached hydrogens (tertiary/aromatic N) is 6. The Hall–Kier alpha value is -7.39. The average Bonchev–Trinajstić information content (AvgIpc) is 1.56. The van der Waals surface area contributed by atoms with Gasteiger partial charge in [0.2, 0.25) is 18.7 Å². The van der Waals surface area contributed by atoms with Gasteiger partial charge in [0.05, 0.1) is 55.1 Å². The van der Waals surface area contributed by atoms with Gasteiger partial charge in [-0.05, 0) is 129 Å². The molecule has 9 atom stereocenters. The number of carbonyl (C=O) groups excluding carboxylic acids is 8. The van der Waals surface area contributed by atoms with Gasteiger partial charge in [-0.15, -0.1) is 4.99 Å².